The van der Waals surface area contributed by atoms with Gasteiger partial charge in [-0.2, -0.15) is 43.9 Å². The fraction of sp³-hybridized carbons (Fsp3) is 0.143. The van der Waals surface area contributed by atoms with E-state index in [2.05, 4.69) is 9.47 Å². The summed E-state index contributed by atoms with van der Waals surface area (Å²) in [5, 5.41) is 0. The second-order valence-corrected chi connectivity index (χ2v) is 7.50. The number of hydrogen-bond acceptors (Lipinski definition) is 4. The number of alkyl halides is 9. The maximum absolute atomic E-state index is 14.5. The van der Waals surface area contributed by atoms with Crippen LogP contribution in [0.3, 0.4) is 0 Å². The molecule has 3 aromatic carbocycles. The molecule has 0 saturated heterocycles. The fourth-order valence-electron chi connectivity index (χ4n) is 3.18. The maximum atomic E-state index is 14.5. The molecule has 19 heteroatoms. The highest BCUT2D eigenvalue weighted by Crippen LogP contribution is 2.50. The van der Waals surface area contributed by atoms with Crippen molar-refractivity contribution in [1.29, 1.82) is 0 Å². The molecular formula is C21H7F15N2O2. The first-order valence-corrected chi connectivity index (χ1v) is 9.71. The summed E-state index contributed by atoms with van der Waals surface area (Å²) in [6.45, 7) is 0. The monoisotopic (exact) mass is 604 g/mol. The van der Waals surface area contributed by atoms with E-state index in [9.17, 15) is 65.9 Å². The maximum Gasteiger partial charge on any atom is 0.422 e. The molecule has 4 N–H and O–H groups in total. The second-order valence-electron chi connectivity index (χ2n) is 7.50. The summed E-state index contributed by atoms with van der Waals surface area (Å²) in [5.74, 6) is -24.7. The minimum Gasteiger partial charge on any atom is -0.453 e. The van der Waals surface area contributed by atoms with Crippen molar-refractivity contribution in [1.82, 2.24) is 0 Å². The van der Waals surface area contributed by atoms with Crippen LogP contribution >= 0.6 is 0 Å². The molecular weight excluding hydrogens is 597 g/mol. The minimum absolute atomic E-state index is 0.209. The normalized spacial score (nSPS) is 12.6. The van der Waals surface area contributed by atoms with Gasteiger partial charge in [0.05, 0.1) is 11.4 Å². The summed E-state index contributed by atoms with van der Waals surface area (Å²) in [6, 6.07) is -1.03. The summed E-state index contributed by atoms with van der Waals surface area (Å²) < 4.78 is 215. The fourth-order valence-corrected chi connectivity index (χ4v) is 3.18. The Morgan fingerprint density at radius 2 is 0.800 bits per heavy atom. The van der Waals surface area contributed by atoms with Crippen LogP contribution in [0.2, 0.25) is 0 Å². The van der Waals surface area contributed by atoms with E-state index in [4.69, 9.17) is 11.5 Å². The number of hydrogen-bond donors (Lipinski definition) is 2. The Morgan fingerprint density at radius 1 is 0.450 bits per heavy atom. The van der Waals surface area contributed by atoms with Crippen molar-refractivity contribution in [3.8, 4) is 23.0 Å². The first kappa shape index (κ1) is 30.4. The molecule has 40 heavy (non-hydrogen) atoms. The van der Waals surface area contributed by atoms with Crippen molar-refractivity contribution in [3.05, 3.63) is 69.8 Å². The Kier molecular flexibility index (Phi) is 7.42. The van der Waals surface area contributed by atoms with Gasteiger partial charge in [0.2, 0.25) is 5.82 Å². The predicted molar refractivity (Wildman–Crippen MR) is 103 cm³/mol. The van der Waals surface area contributed by atoms with Gasteiger partial charge in [0.1, 0.15) is 34.1 Å². The zero-order valence-corrected chi connectivity index (χ0v) is 18.4. The van der Waals surface area contributed by atoms with Crippen LogP contribution in [0.15, 0.2) is 18.2 Å². The largest absolute Gasteiger partial charge is 0.453 e. The Labute approximate surface area is 210 Å². The summed E-state index contributed by atoms with van der Waals surface area (Å²) >= 11 is 0. The van der Waals surface area contributed by atoms with Gasteiger partial charge in [0.15, 0.2) is 34.7 Å². The highest BCUT2D eigenvalue weighted by molar-refractivity contribution is 5.57. The molecule has 0 aliphatic carbocycles. The molecule has 0 spiro atoms. The van der Waals surface area contributed by atoms with Crippen LogP contribution in [0, 0.1) is 34.9 Å². The Hall–Kier alpha value is -4.19. The highest BCUT2D eigenvalue weighted by Gasteiger charge is 2.45. The smallest absolute Gasteiger partial charge is 0.422 e. The molecule has 0 aliphatic heterocycles. The van der Waals surface area contributed by atoms with Gasteiger partial charge in [-0.05, 0) is 0 Å². The number of ether oxygens (including phenoxy) is 2. The molecule has 0 atom stereocenters. The lowest BCUT2D eigenvalue weighted by Crippen LogP contribution is -2.16. The molecule has 0 saturated carbocycles. The first-order chi connectivity index (χ1) is 18.1. The highest BCUT2D eigenvalue weighted by atomic mass is 19.4. The van der Waals surface area contributed by atoms with E-state index < -0.39 is 111 Å². The van der Waals surface area contributed by atoms with Gasteiger partial charge in [-0.1, -0.05) is 0 Å². The topological polar surface area (TPSA) is 70.5 Å². The van der Waals surface area contributed by atoms with E-state index in [0.717, 1.165) is 0 Å². The van der Waals surface area contributed by atoms with Crippen molar-refractivity contribution in [3.63, 3.8) is 0 Å². The lowest BCUT2D eigenvalue weighted by atomic mass is 10.1. The number of rotatable bonds is 4. The molecule has 3 rings (SSSR count). The van der Waals surface area contributed by atoms with Crippen molar-refractivity contribution in [2.45, 2.75) is 18.5 Å². The number of nitrogens with two attached hydrogens (primary N) is 2. The van der Waals surface area contributed by atoms with Crippen LogP contribution in [0.1, 0.15) is 16.7 Å². The van der Waals surface area contributed by atoms with Gasteiger partial charge >= 0.3 is 18.5 Å². The summed E-state index contributed by atoms with van der Waals surface area (Å²) in [4.78, 5) is 0. The minimum atomic E-state index is -6.09. The van der Waals surface area contributed by atoms with Crippen molar-refractivity contribution < 1.29 is 75.3 Å². The lowest BCUT2D eigenvalue weighted by Gasteiger charge is -2.21. The quantitative estimate of drug-likeness (QED) is 0.232. The van der Waals surface area contributed by atoms with Gasteiger partial charge in [-0.25, -0.2) is 22.0 Å². The molecule has 4 nitrogen and oxygen atoms in total. The Balaban J connectivity index is 2.37. The first-order valence-electron chi connectivity index (χ1n) is 9.71. The van der Waals surface area contributed by atoms with E-state index in [1.807, 2.05) is 0 Å². The van der Waals surface area contributed by atoms with Crippen LogP contribution in [0.5, 0.6) is 23.0 Å². The molecule has 0 aliphatic rings. The molecule has 0 heterocycles. The zero-order valence-electron chi connectivity index (χ0n) is 18.4. The van der Waals surface area contributed by atoms with E-state index >= 15 is 0 Å². The van der Waals surface area contributed by atoms with Gasteiger partial charge < -0.3 is 20.9 Å². The Bertz CT molecular complexity index is 1490. The van der Waals surface area contributed by atoms with Gasteiger partial charge in [-0.3, -0.25) is 0 Å². The standard InChI is InChI=1S/C21H7F15N2O2/c22-4-1-6(37)13(24)17(10(4)19(28,29)30)39-8-3-9(15(26)16(27)12(8)21(34,35)36)40-18-11(20(31,32)33)5(23)2-7(38)14(18)25/h1-3H,37-38H2. The number of halogens is 15. The number of nitrogen functional groups attached to an aromatic ring is 2. The van der Waals surface area contributed by atoms with Gasteiger partial charge in [0.25, 0.3) is 0 Å². The van der Waals surface area contributed by atoms with Gasteiger partial charge in [-0.15, -0.1) is 0 Å². The summed E-state index contributed by atoms with van der Waals surface area (Å²) in [5.41, 5.74) is -1.26. The van der Waals surface area contributed by atoms with Crippen LogP contribution in [0.4, 0.5) is 77.2 Å². The molecule has 0 radical (unpaired) electrons. The van der Waals surface area contributed by atoms with E-state index in [1.165, 1.54) is 0 Å². The molecule has 0 bridgehead atoms. The van der Waals surface area contributed by atoms with E-state index in [1.54, 1.807) is 0 Å². The third-order valence-electron chi connectivity index (χ3n) is 4.81. The van der Waals surface area contributed by atoms with Crippen molar-refractivity contribution in [2.75, 3.05) is 11.5 Å². The van der Waals surface area contributed by atoms with Gasteiger partial charge in [0, 0.05) is 18.2 Å². The van der Waals surface area contributed by atoms with Crippen LogP contribution < -0.4 is 20.9 Å². The number of benzene rings is 3. The molecule has 0 unspecified atom stereocenters. The molecule has 0 fully saturated rings. The lowest BCUT2D eigenvalue weighted by molar-refractivity contribution is -0.143. The third kappa shape index (κ3) is 5.44. The van der Waals surface area contributed by atoms with Crippen LogP contribution in [0.25, 0.3) is 0 Å². The Morgan fingerprint density at radius 3 is 1.15 bits per heavy atom. The molecule has 0 amide bonds. The van der Waals surface area contributed by atoms with Crippen LogP contribution in [-0.4, -0.2) is 0 Å². The predicted octanol–water partition coefficient (Wildman–Crippen LogP) is 8.33. The summed E-state index contributed by atoms with van der Waals surface area (Å²) in [7, 11) is 0. The number of anilines is 2. The third-order valence-corrected chi connectivity index (χ3v) is 4.81. The molecule has 3 aromatic rings. The zero-order chi connectivity index (χ0) is 30.7. The molecule has 0 aromatic heterocycles. The van der Waals surface area contributed by atoms with Crippen molar-refractivity contribution in [2.24, 2.45) is 0 Å². The SMILES string of the molecule is Nc1cc(F)c(C(F)(F)F)c(Oc2cc(Oc3c(F)c(N)cc(F)c3C(F)(F)F)c(C(F)(F)F)c(F)c2F)c1F. The summed E-state index contributed by atoms with van der Waals surface area (Å²) in [6.07, 6.45) is -17.8. The van der Waals surface area contributed by atoms with Crippen LogP contribution in [-0.2, 0) is 18.5 Å². The van der Waals surface area contributed by atoms with E-state index in [0.29, 0.717) is 0 Å². The van der Waals surface area contributed by atoms with Crippen molar-refractivity contribution >= 4 is 11.4 Å². The molecule has 218 valence electrons. The average molecular weight is 604 g/mol. The second kappa shape index (κ2) is 9.77. The average Bonchev–Trinajstić information content (AvgIpc) is 2.75. The van der Waals surface area contributed by atoms with E-state index in [-0.39, 0.29) is 12.1 Å².